The van der Waals surface area contributed by atoms with Gasteiger partial charge in [0.2, 0.25) is 0 Å². The first-order valence-corrected chi connectivity index (χ1v) is 8.30. The summed E-state index contributed by atoms with van der Waals surface area (Å²) >= 11 is 0. The Bertz CT molecular complexity index is 680. The Hall–Kier alpha value is -1.66. The van der Waals surface area contributed by atoms with Crippen molar-refractivity contribution in [2.75, 3.05) is 12.3 Å². The van der Waals surface area contributed by atoms with Crippen molar-refractivity contribution >= 4 is 15.7 Å². The second-order valence-electron chi connectivity index (χ2n) is 5.11. The lowest BCUT2D eigenvalue weighted by Crippen LogP contribution is -2.37. The highest BCUT2D eigenvalue weighted by atomic mass is 32.2. The van der Waals surface area contributed by atoms with Gasteiger partial charge in [-0.2, -0.15) is 0 Å². The summed E-state index contributed by atoms with van der Waals surface area (Å²) in [5, 5.41) is 7.21. The van der Waals surface area contributed by atoms with Crippen LogP contribution in [-0.4, -0.2) is 32.7 Å². The third kappa shape index (κ3) is 2.62. The quantitative estimate of drug-likeness (QED) is 0.826. The summed E-state index contributed by atoms with van der Waals surface area (Å²) in [6.45, 7) is 1.63. The zero-order valence-corrected chi connectivity index (χ0v) is 11.7. The monoisotopic (exact) mass is 292 g/mol. The molecule has 0 saturated heterocycles. The van der Waals surface area contributed by atoms with E-state index in [1.54, 1.807) is 6.07 Å². The van der Waals surface area contributed by atoms with E-state index in [1.165, 1.54) is 11.5 Å². The maximum absolute atomic E-state index is 12.3. The highest BCUT2D eigenvalue weighted by Crippen LogP contribution is 2.19. The second kappa shape index (κ2) is 5.03. The summed E-state index contributed by atoms with van der Waals surface area (Å²) in [4.78, 5) is 12.3. The molecule has 20 heavy (non-hydrogen) atoms. The van der Waals surface area contributed by atoms with E-state index in [2.05, 4.69) is 10.6 Å². The van der Waals surface area contributed by atoms with Crippen molar-refractivity contribution in [3.05, 3.63) is 46.4 Å². The molecule has 0 saturated carbocycles. The third-order valence-electron chi connectivity index (χ3n) is 3.63. The molecule has 2 aliphatic rings. The van der Waals surface area contributed by atoms with E-state index in [0.717, 1.165) is 30.6 Å². The summed E-state index contributed by atoms with van der Waals surface area (Å²) in [6.07, 6.45) is 2.35. The minimum Gasteiger partial charge on any atom is -0.345 e. The first kappa shape index (κ1) is 13.3. The first-order chi connectivity index (χ1) is 9.55. The van der Waals surface area contributed by atoms with Crippen LogP contribution in [0.3, 0.4) is 0 Å². The molecule has 2 heterocycles. The molecular weight excluding hydrogens is 276 g/mol. The first-order valence-electron chi connectivity index (χ1n) is 6.58. The molecule has 2 N–H and O–H groups in total. The van der Waals surface area contributed by atoms with Crippen LogP contribution in [0.5, 0.6) is 0 Å². The molecule has 0 bridgehead atoms. The Morgan fingerprint density at radius 1 is 1.35 bits per heavy atom. The van der Waals surface area contributed by atoms with Crippen molar-refractivity contribution in [1.29, 1.82) is 0 Å². The maximum atomic E-state index is 12.3. The molecule has 0 aromatic heterocycles. The Balaban J connectivity index is 1.80. The van der Waals surface area contributed by atoms with Gasteiger partial charge >= 0.3 is 0 Å². The summed E-state index contributed by atoms with van der Waals surface area (Å²) in [5.74, 6) is -0.245. The van der Waals surface area contributed by atoms with Crippen molar-refractivity contribution in [3.63, 3.8) is 0 Å². The molecule has 0 aliphatic carbocycles. The zero-order valence-electron chi connectivity index (χ0n) is 10.9. The predicted octanol–water partition coefficient (Wildman–Crippen LogP) is 0.373. The molecule has 5 nitrogen and oxygen atoms in total. The largest absolute Gasteiger partial charge is 0.345 e. The number of sulfone groups is 1. The highest BCUT2D eigenvalue weighted by molar-refractivity contribution is 7.94. The van der Waals surface area contributed by atoms with Gasteiger partial charge in [-0.25, -0.2) is 8.42 Å². The third-order valence-corrected chi connectivity index (χ3v) is 5.03. The molecular formula is C14H16N2O3S. The number of rotatable bonds is 2. The lowest BCUT2D eigenvalue weighted by Gasteiger charge is -2.20. The van der Waals surface area contributed by atoms with Crippen molar-refractivity contribution in [1.82, 2.24) is 10.6 Å². The van der Waals surface area contributed by atoms with Gasteiger partial charge in [0.15, 0.2) is 9.84 Å². The number of hydrogen-bond donors (Lipinski definition) is 2. The van der Waals surface area contributed by atoms with Crippen LogP contribution in [0, 0.1) is 0 Å². The molecule has 1 unspecified atom stereocenters. The van der Waals surface area contributed by atoms with Crippen LogP contribution in [-0.2, 0) is 22.8 Å². The predicted molar refractivity (Wildman–Crippen MR) is 76.0 cm³/mol. The van der Waals surface area contributed by atoms with E-state index in [4.69, 9.17) is 0 Å². The topological polar surface area (TPSA) is 75.3 Å². The lowest BCUT2D eigenvalue weighted by atomic mass is 9.95. The van der Waals surface area contributed by atoms with E-state index in [1.807, 2.05) is 12.1 Å². The van der Waals surface area contributed by atoms with Gasteiger partial charge in [-0.05, 0) is 36.2 Å². The number of carbonyl (C=O) groups excluding carboxylic acids is 1. The number of carbonyl (C=O) groups is 1. The normalized spacial score (nSPS) is 23.3. The summed E-state index contributed by atoms with van der Waals surface area (Å²) < 4.78 is 22.7. The molecule has 106 valence electrons. The fraction of sp³-hybridized carbons (Fsp3) is 0.357. The van der Waals surface area contributed by atoms with E-state index in [9.17, 15) is 13.2 Å². The van der Waals surface area contributed by atoms with Gasteiger partial charge in [0, 0.05) is 17.5 Å². The Kier molecular flexibility index (Phi) is 3.35. The number of fused-ring (bicyclic) bond motifs is 1. The van der Waals surface area contributed by atoms with Crippen LogP contribution < -0.4 is 10.6 Å². The minimum absolute atomic E-state index is 0.0463. The fourth-order valence-electron chi connectivity index (χ4n) is 2.66. The molecule has 1 aromatic rings. The molecule has 1 atom stereocenters. The average Bonchev–Trinajstić information content (AvgIpc) is 2.77. The van der Waals surface area contributed by atoms with Crippen LogP contribution in [0.15, 0.2) is 29.7 Å². The van der Waals surface area contributed by atoms with Gasteiger partial charge in [-0.3, -0.25) is 4.79 Å². The fourth-order valence-corrected chi connectivity index (χ4v) is 3.89. The highest BCUT2D eigenvalue weighted by Gasteiger charge is 2.25. The molecule has 0 spiro atoms. The van der Waals surface area contributed by atoms with Gasteiger partial charge in [-0.15, -0.1) is 0 Å². The number of benzene rings is 1. The van der Waals surface area contributed by atoms with Crippen LogP contribution >= 0.6 is 0 Å². The summed E-state index contributed by atoms with van der Waals surface area (Å²) in [6, 6.07) is 5.25. The lowest BCUT2D eigenvalue weighted by molar-refractivity contribution is 0.0946. The number of hydrogen-bond acceptors (Lipinski definition) is 4. The molecule has 1 amide bonds. The van der Waals surface area contributed by atoms with Crippen molar-refractivity contribution in [3.8, 4) is 0 Å². The van der Waals surface area contributed by atoms with Crippen molar-refractivity contribution < 1.29 is 13.2 Å². The average molecular weight is 292 g/mol. The Morgan fingerprint density at radius 3 is 2.95 bits per heavy atom. The van der Waals surface area contributed by atoms with Gasteiger partial charge in [0.25, 0.3) is 5.91 Å². The van der Waals surface area contributed by atoms with E-state index < -0.39 is 15.9 Å². The van der Waals surface area contributed by atoms with Gasteiger partial charge in [-0.1, -0.05) is 12.1 Å². The van der Waals surface area contributed by atoms with E-state index >= 15 is 0 Å². The molecule has 0 fully saturated rings. The van der Waals surface area contributed by atoms with Crippen molar-refractivity contribution in [2.24, 2.45) is 0 Å². The zero-order chi connectivity index (χ0) is 14.2. The van der Waals surface area contributed by atoms with Crippen LogP contribution in [0.2, 0.25) is 0 Å². The Morgan fingerprint density at radius 2 is 2.20 bits per heavy atom. The summed E-state index contributed by atoms with van der Waals surface area (Å²) in [5.41, 5.74) is 2.86. The van der Waals surface area contributed by atoms with Crippen LogP contribution in [0.4, 0.5) is 0 Å². The SMILES string of the molecule is O=C(NC1C=CS(=O)(=O)C1)c1cccc2c1CCNC2. The molecule has 2 aliphatic heterocycles. The maximum Gasteiger partial charge on any atom is 0.252 e. The molecule has 1 aromatic carbocycles. The molecule has 6 heteroatoms. The molecule has 0 radical (unpaired) electrons. The van der Waals surface area contributed by atoms with Crippen LogP contribution in [0.1, 0.15) is 21.5 Å². The van der Waals surface area contributed by atoms with E-state index in [0.29, 0.717) is 5.56 Å². The Labute approximate surface area is 118 Å². The number of amides is 1. The van der Waals surface area contributed by atoms with Gasteiger partial charge in [0.05, 0.1) is 11.8 Å². The van der Waals surface area contributed by atoms with Gasteiger partial charge in [0.1, 0.15) is 0 Å². The van der Waals surface area contributed by atoms with E-state index in [-0.39, 0.29) is 11.7 Å². The number of nitrogens with one attached hydrogen (secondary N) is 2. The van der Waals surface area contributed by atoms with Crippen molar-refractivity contribution in [2.45, 2.75) is 19.0 Å². The van der Waals surface area contributed by atoms with Crippen LogP contribution in [0.25, 0.3) is 0 Å². The second-order valence-corrected chi connectivity index (χ2v) is 7.04. The summed E-state index contributed by atoms with van der Waals surface area (Å²) in [7, 11) is -3.15. The minimum atomic E-state index is -3.15. The smallest absolute Gasteiger partial charge is 0.252 e. The standard InChI is InChI=1S/C14H16N2O3S/c17-14(16-11-5-7-20(18,19)9-11)13-3-1-2-10-8-15-6-4-12(10)13/h1-3,5,7,11,15H,4,6,8-9H2,(H,16,17). The molecule has 3 rings (SSSR count). The van der Waals surface area contributed by atoms with Gasteiger partial charge < -0.3 is 10.6 Å².